The average molecular weight is 261 g/mol. The molecule has 4 heteroatoms. The van der Waals surface area contributed by atoms with E-state index in [1.54, 1.807) is 11.3 Å². The molecule has 0 aliphatic rings. The topological polar surface area (TPSA) is 37.8 Å². The molecule has 2 aromatic rings. The molecule has 2 aromatic heterocycles. The molecule has 3 nitrogen and oxygen atoms in total. The number of hydrogen-bond acceptors (Lipinski definition) is 4. The molecule has 2 heterocycles. The van der Waals surface area contributed by atoms with Crippen LogP contribution in [-0.4, -0.2) is 9.97 Å². The largest absolute Gasteiger partial charge is 0.303 e. The molecule has 0 saturated heterocycles. The summed E-state index contributed by atoms with van der Waals surface area (Å²) in [5.74, 6) is 0.557. The van der Waals surface area contributed by atoms with E-state index in [-0.39, 0.29) is 0 Å². The molecule has 0 fully saturated rings. The van der Waals surface area contributed by atoms with Crippen molar-refractivity contribution in [3.8, 4) is 0 Å². The van der Waals surface area contributed by atoms with Crippen LogP contribution in [0, 0.1) is 12.8 Å². The number of rotatable bonds is 5. The first kappa shape index (κ1) is 13.2. The monoisotopic (exact) mass is 261 g/mol. The van der Waals surface area contributed by atoms with Gasteiger partial charge >= 0.3 is 0 Å². The molecule has 18 heavy (non-hydrogen) atoms. The molecular weight excluding hydrogens is 242 g/mol. The molecule has 0 aromatic carbocycles. The van der Waals surface area contributed by atoms with Crippen LogP contribution >= 0.6 is 11.3 Å². The summed E-state index contributed by atoms with van der Waals surface area (Å²) in [6.07, 6.45) is 3.65. The Labute approximate surface area is 112 Å². The molecule has 96 valence electrons. The van der Waals surface area contributed by atoms with E-state index in [1.165, 1.54) is 4.88 Å². The van der Waals surface area contributed by atoms with Crippen LogP contribution in [0.15, 0.2) is 29.9 Å². The van der Waals surface area contributed by atoms with E-state index < -0.39 is 0 Å². The van der Waals surface area contributed by atoms with Crippen molar-refractivity contribution in [3.05, 3.63) is 46.2 Å². The summed E-state index contributed by atoms with van der Waals surface area (Å²) in [5.41, 5.74) is 1.94. The minimum atomic E-state index is 0.383. The van der Waals surface area contributed by atoms with Gasteiger partial charge in [0.1, 0.15) is 0 Å². The molecule has 1 N–H and O–H groups in total. The number of nitrogens with zero attached hydrogens (tertiary/aromatic N) is 2. The first-order chi connectivity index (χ1) is 8.66. The van der Waals surface area contributed by atoms with E-state index in [1.807, 2.05) is 19.3 Å². The van der Waals surface area contributed by atoms with Crippen LogP contribution in [0.1, 0.15) is 36.2 Å². The summed E-state index contributed by atoms with van der Waals surface area (Å²) in [4.78, 5) is 10.0. The number of hydrogen-bond donors (Lipinski definition) is 1. The Morgan fingerprint density at radius 3 is 2.67 bits per heavy atom. The lowest BCUT2D eigenvalue weighted by molar-refractivity contribution is 0.414. The summed E-state index contributed by atoms with van der Waals surface area (Å²) < 4.78 is 0. The van der Waals surface area contributed by atoms with Crippen molar-refractivity contribution in [2.45, 2.75) is 33.4 Å². The van der Waals surface area contributed by atoms with Crippen LogP contribution in [0.3, 0.4) is 0 Å². The van der Waals surface area contributed by atoms with Gasteiger partial charge in [-0.3, -0.25) is 9.97 Å². The van der Waals surface area contributed by atoms with Crippen LogP contribution in [-0.2, 0) is 6.54 Å². The predicted molar refractivity (Wildman–Crippen MR) is 75.5 cm³/mol. The molecule has 0 amide bonds. The zero-order chi connectivity index (χ0) is 13.0. The van der Waals surface area contributed by atoms with Crippen molar-refractivity contribution in [2.24, 2.45) is 5.92 Å². The number of nitrogens with one attached hydrogen (secondary N) is 1. The van der Waals surface area contributed by atoms with Crippen molar-refractivity contribution < 1.29 is 0 Å². The molecule has 0 spiro atoms. The lowest BCUT2D eigenvalue weighted by atomic mass is 10.0. The Hall–Kier alpha value is -1.26. The van der Waals surface area contributed by atoms with Crippen LogP contribution in [0.5, 0.6) is 0 Å². The van der Waals surface area contributed by atoms with E-state index in [9.17, 15) is 0 Å². The minimum Gasteiger partial charge on any atom is -0.303 e. The van der Waals surface area contributed by atoms with Crippen LogP contribution in [0.4, 0.5) is 0 Å². The highest BCUT2D eigenvalue weighted by Gasteiger charge is 2.16. The summed E-state index contributed by atoms with van der Waals surface area (Å²) in [6.45, 7) is 7.18. The highest BCUT2D eigenvalue weighted by atomic mass is 32.1. The van der Waals surface area contributed by atoms with Gasteiger partial charge in [-0.05, 0) is 24.3 Å². The maximum absolute atomic E-state index is 4.37. The maximum Gasteiger partial charge on any atom is 0.0724 e. The van der Waals surface area contributed by atoms with Gasteiger partial charge in [0.05, 0.1) is 11.4 Å². The van der Waals surface area contributed by atoms with Crippen molar-refractivity contribution in [1.82, 2.24) is 15.3 Å². The van der Waals surface area contributed by atoms with Crippen LogP contribution in [0.25, 0.3) is 0 Å². The van der Waals surface area contributed by atoms with E-state index >= 15 is 0 Å². The van der Waals surface area contributed by atoms with E-state index in [4.69, 9.17) is 0 Å². The SMILES string of the molecule is Cc1cnc(CNC(c2cccs2)C(C)C)cn1. The summed E-state index contributed by atoms with van der Waals surface area (Å²) in [6, 6.07) is 4.67. The number of aryl methyl sites for hydroxylation is 1. The molecule has 0 saturated carbocycles. The summed E-state index contributed by atoms with van der Waals surface area (Å²) >= 11 is 1.80. The normalized spacial score (nSPS) is 12.9. The van der Waals surface area contributed by atoms with Gasteiger partial charge < -0.3 is 5.32 Å². The minimum absolute atomic E-state index is 0.383. The first-order valence-electron chi connectivity index (χ1n) is 6.21. The quantitative estimate of drug-likeness (QED) is 0.897. The zero-order valence-electron chi connectivity index (χ0n) is 11.1. The van der Waals surface area contributed by atoms with E-state index in [0.717, 1.165) is 17.9 Å². The van der Waals surface area contributed by atoms with Gasteiger partial charge in [0, 0.05) is 29.9 Å². The molecule has 1 unspecified atom stereocenters. The fourth-order valence-electron chi connectivity index (χ4n) is 1.86. The summed E-state index contributed by atoms with van der Waals surface area (Å²) in [7, 11) is 0. The van der Waals surface area contributed by atoms with Gasteiger partial charge in [-0.25, -0.2) is 0 Å². The second kappa shape index (κ2) is 6.07. The Bertz CT molecular complexity index is 462. The van der Waals surface area contributed by atoms with Crippen LogP contribution in [0.2, 0.25) is 0 Å². The zero-order valence-corrected chi connectivity index (χ0v) is 11.9. The highest BCUT2D eigenvalue weighted by Crippen LogP contribution is 2.25. The number of thiophene rings is 1. The molecular formula is C14H19N3S. The molecule has 0 aliphatic carbocycles. The van der Waals surface area contributed by atoms with Gasteiger partial charge in [0.15, 0.2) is 0 Å². The lowest BCUT2D eigenvalue weighted by Gasteiger charge is -2.21. The second-order valence-corrected chi connectivity index (χ2v) is 5.75. The first-order valence-corrected chi connectivity index (χ1v) is 7.09. The van der Waals surface area contributed by atoms with Crippen molar-refractivity contribution in [3.63, 3.8) is 0 Å². The van der Waals surface area contributed by atoms with Gasteiger partial charge in [-0.15, -0.1) is 11.3 Å². The van der Waals surface area contributed by atoms with E-state index in [2.05, 4.69) is 46.6 Å². The van der Waals surface area contributed by atoms with Crippen molar-refractivity contribution in [2.75, 3.05) is 0 Å². The Morgan fingerprint density at radius 1 is 1.28 bits per heavy atom. The molecule has 0 aliphatic heterocycles. The van der Waals surface area contributed by atoms with Crippen molar-refractivity contribution in [1.29, 1.82) is 0 Å². The molecule has 0 bridgehead atoms. The fraction of sp³-hybridized carbons (Fsp3) is 0.429. The molecule has 1 atom stereocenters. The fourth-order valence-corrected chi connectivity index (χ4v) is 2.83. The predicted octanol–water partition coefficient (Wildman–Crippen LogP) is 3.33. The van der Waals surface area contributed by atoms with Gasteiger partial charge in [-0.1, -0.05) is 19.9 Å². The van der Waals surface area contributed by atoms with Gasteiger partial charge in [0.2, 0.25) is 0 Å². The Balaban J connectivity index is 2.00. The lowest BCUT2D eigenvalue weighted by Crippen LogP contribution is -2.25. The summed E-state index contributed by atoms with van der Waals surface area (Å²) in [5, 5.41) is 5.69. The molecule has 0 radical (unpaired) electrons. The van der Waals surface area contributed by atoms with Gasteiger partial charge in [0.25, 0.3) is 0 Å². The average Bonchev–Trinajstić information content (AvgIpc) is 2.85. The Morgan fingerprint density at radius 2 is 2.11 bits per heavy atom. The van der Waals surface area contributed by atoms with Crippen molar-refractivity contribution >= 4 is 11.3 Å². The third-order valence-corrected chi connectivity index (χ3v) is 3.81. The third-order valence-electron chi connectivity index (χ3n) is 2.85. The standard InChI is InChI=1S/C14H19N3S/c1-10(2)14(13-5-4-6-18-13)17-9-12-8-15-11(3)7-16-12/h4-8,10,14,17H,9H2,1-3H3. The molecule has 2 rings (SSSR count). The Kier molecular flexibility index (Phi) is 4.44. The number of aromatic nitrogens is 2. The highest BCUT2D eigenvalue weighted by molar-refractivity contribution is 7.10. The third kappa shape index (κ3) is 3.37. The van der Waals surface area contributed by atoms with E-state index in [0.29, 0.717) is 12.0 Å². The van der Waals surface area contributed by atoms with Gasteiger partial charge in [-0.2, -0.15) is 0 Å². The van der Waals surface area contributed by atoms with Crippen LogP contribution < -0.4 is 5.32 Å². The second-order valence-electron chi connectivity index (χ2n) is 4.77. The smallest absolute Gasteiger partial charge is 0.0724 e. The maximum atomic E-state index is 4.37.